The summed E-state index contributed by atoms with van der Waals surface area (Å²) in [5.41, 5.74) is 2.30. The maximum atomic E-state index is 13.5. The van der Waals surface area contributed by atoms with Crippen molar-refractivity contribution in [1.82, 2.24) is 4.90 Å². The summed E-state index contributed by atoms with van der Waals surface area (Å²) in [7, 11) is 0. The zero-order valence-electron chi connectivity index (χ0n) is 19.0. The minimum absolute atomic E-state index is 0.108. The standard InChI is InChI=1S/C27H23ClFNO4S/c1-2-33-23-15-20(14-22(28)25(23)34-17-19-9-6-10-21(29)13-19)16-24-26(31)30(27(32)35-24)12-11-18-7-4-3-5-8-18/h3-10,13-16H,2,11-12,17H2,1H3/b24-16-. The molecule has 0 unspecified atom stereocenters. The van der Waals surface area contributed by atoms with Crippen LogP contribution in [-0.2, 0) is 17.8 Å². The third-order valence-corrected chi connectivity index (χ3v) is 6.43. The molecule has 1 aliphatic rings. The van der Waals surface area contributed by atoms with Crippen molar-refractivity contribution < 1.29 is 23.5 Å². The Balaban J connectivity index is 1.51. The van der Waals surface area contributed by atoms with Gasteiger partial charge in [-0.05, 0) is 72.1 Å². The molecule has 0 spiro atoms. The fraction of sp³-hybridized carbons (Fsp3) is 0.185. The number of hydrogen-bond acceptors (Lipinski definition) is 5. The highest BCUT2D eigenvalue weighted by atomic mass is 35.5. The largest absolute Gasteiger partial charge is 0.490 e. The number of halogens is 2. The average Bonchev–Trinajstić information content (AvgIpc) is 3.10. The van der Waals surface area contributed by atoms with Crippen LogP contribution >= 0.6 is 23.4 Å². The summed E-state index contributed by atoms with van der Waals surface area (Å²) in [6.07, 6.45) is 2.21. The van der Waals surface area contributed by atoms with E-state index in [1.165, 1.54) is 17.0 Å². The number of hydrogen-bond donors (Lipinski definition) is 0. The topological polar surface area (TPSA) is 55.8 Å². The first-order chi connectivity index (χ1) is 16.9. The van der Waals surface area contributed by atoms with Gasteiger partial charge in [0.25, 0.3) is 11.1 Å². The summed E-state index contributed by atoms with van der Waals surface area (Å²) < 4.78 is 25.0. The van der Waals surface area contributed by atoms with Crippen molar-refractivity contribution >= 4 is 40.6 Å². The third-order valence-electron chi connectivity index (χ3n) is 5.24. The molecule has 3 aromatic rings. The number of thioether (sulfide) groups is 1. The van der Waals surface area contributed by atoms with Gasteiger partial charge >= 0.3 is 0 Å². The molecule has 180 valence electrons. The zero-order valence-corrected chi connectivity index (χ0v) is 20.6. The molecule has 1 saturated heterocycles. The van der Waals surface area contributed by atoms with E-state index < -0.39 is 0 Å². The van der Waals surface area contributed by atoms with E-state index in [-0.39, 0.29) is 28.6 Å². The highest BCUT2D eigenvalue weighted by Crippen LogP contribution is 2.39. The quantitative estimate of drug-likeness (QED) is 0.298. The van der Waals surface area contributed by atoms with Gasteiger partial charge in [-0.2, -0.15) is 0 Å². The van der Waals surface area contributed by atoms with Crippen molar-refractivity contribution in [2.75, 3.05) is 13.2 Å². The molecule has 0 aliphatic carbocycles. The maximum absolute atomic E-state index is 13.5. The lowest BCUT2D eigenvalue weighted by atomic mass is 10.1. The normalized spacial score (nSPS) is 14.6. The number of carbonyl (C=O) groups excluding carboxylic acids is 2. The number of carbonyl (C=O) groups is 2. The van der Waals surface area contributed by atoms with Crippen molar-refractivity contribution in [3.8, 4) is 11.5 Å². The minimum Gasteiger partial charge on any atom is -0.490 e. The van der Waals surface area contributed by atoms with E-state index in [1.807, 2.05) is 37.3 Å². The van der Waals surface area contributed by atoms with E-state index in [2.05, 4.69) is 0 Å². The Labute approximate surface area is 212 Å². The fourth-order valence-electron chi connectivity index (χ4n) is 3.59. The summed E-state index contributed by atoms with van der Waals surface area (Å²) in [4.78, 5) is 26.9. The molecule has 0 saturated carbocycles. The van der Waals surface area contributed by atoms with Crippen molar-refractivity contribution in [2.45, 2.75) is 20.0 Å². The molecule has 0 atom stereocenters. The molecule has 1 aliphatic heterocycles. The van der Waals surface area contributed by atoms with Gasteiger partial charge in [0, 0.05) is 6.54 Å². The van der Waals surface area contributed by atoms with Gasteiger partial charge in [-0.25, -0.2) is 4.39 Å². The Bertz CT molecular complexity index is 1270. The van der Waals surface area contributed by atoms with Crippen LogP contribution in [0.3, 0.4) is 0 Å². The number of ether oxygens (including phenoxy) is 2. The molecule has 0 N–H and O–H groups in total. The van der Waals surface area contributed by atoms with Gasteiger partial charge in [0.2, 0.25) is 0 Å². The number of rotatable bonds is 9. The SMILES string of the molecule is CCOc1cc(/C=C2\SC(=O)N(CCc3ccccc3)C2=O)cc(Cl)c1OCc1cccc(F)c1. The summed E-state index contributed by atoms with van der Waals surface area (Å²) >= 11 is 7.38. The lowest BCUT2D eigenvalue weighted by Crippen LogP contribution is -2.30. The van der Waals surface area contributed by atoms with Crippen LogP contribution in [0.15, 0.2) is 71.6 Å². The smallest absolute Gasteiger partial charge is 0.293 e. The Kier molecular flexibility index (Phi) is 8.10. The Morgan fingerprint density at radius 1 is 1.00 bits per heavy atom. The Hall–Kier alpha value is -3.29. The lowest BCUT2D eigenvalue weighted by Gasteiger charge is -2.15. The number of benzene rings is 3. The molecule has 5 nitrogen and oxygen atoms in total. The first-order valence-corrected chi connectivity index (χ1v) is 12.3. The van der Waals surface area contributed by atoms with Gasteiger partial charge < -0.3 is 9.47 Å². The van der Waals surface area contributed by atoms with Crippen molar-refractivity contribution in [2.24, 2.45) is 0 Å². The summed E-state index contributed by atoms with van der Waals surface area (Å²) in [6, 6.07) is 19.1. The molecular formula is C27H23ClFNO4S. The first kappa shape index (κ1) is 24.8. The monoisotopic (exact) mass is 511 g/mol. The van der Waals surface area contributed by atoms with Crippen LogP contribution in [0.25, 0.3) is 6.08 Å². The Morgan fingerprint density at radius 3 is 2.51 bits per heavy atom. The molecule has 35 heavy (non-hydrogen) atoms. The molecule has 8 heteroatoms. The number of imide groups is 1. The van der Waals surface area contributed by atoms with E-state index in [0.717, 1.165) is 17.3 Å². The van der Waals surface area contributed by atoms with Crippen LogP contribution < -0.4 is 9.47 Å². The summed E-state index contributed by atoms with van der Waals surface area (Å²) in [5, 5.41) is -0.0229. The number of amides is 2. The predicted octanol–water partition coefficient (Wildman–Crippen LogP) is 6.74. The second-order valence-electron chi connectivity index (χ2n) is 7.75. The lowest BCUT2D eigenvalue weighted by molar-refractivity contribution is -0.122. The van der Waals surface area contributed by atoms with Gasteiger partial charge in [-0.3, -0.25) is 14.5 Å². The van der Waals surface area contributed by atoms with E-state index in [0.29, 0.717) is 47.1 Å². The van der Waals surface area contributed by atoms with E-state index in [4.69, 9.17) is 21.1 Å². The first-order valence-electron chi connectivity index (χ1n) is 11.1. The molecule has 1 fully saturated rings. The molecule has 4 rings (SSSR count). The second kappa shape index (κ2) is 11.4. The van der Waals surface area contributed by atoms with Crippen LogP contribution in [0, 0.1) is 5.82 Å². The van der Waals surface area contributed by atoms with Gasteiger partial charge in [-0.15, -0.1) is 0 Å². The molecule has 1 heterocycles. The van der Waals surface area contributed by atoms with Crippen LogP contribution in [0.4, 0.5) is 9.18 Å². The second-order valence-corrected chi connectivity index (χ2v) is 9.15. The van der Waals surface area contributed by atoms with Gasteiger partial charge in [0.1, 0.15) is 12.4 Å². The Morgan fingerprint density at radius 2 is 1.77 bits per heavy atom. The van der Waals surface area contributed by atoms with Crippen LogP contribution in [0.1, 0.15) is 23.6 Å². The van der Waals surface area contributed by atoms with E-state index in [9.17, 15) is 14.0 Å². The zero-order chi connectivity index (χ0) is 24.8. The molecule has 0 bridgehead atoms. The highest BCUT2D eigenvalue weighted by molar-refractivity contribution is 8.18. The van der Waals surface area contributed by atoms with E-state index in [1.54, 1.807) is 30.3 Å². The molecule has 3 aromatic carbocycles. The van der Waals surface area contributed by atoms with Crippen LogP contribution in [0.2, 0.25) is 5.02 Å². The maximum Gasteiger partial charge on any atom is 0.293 e. The molecule has 0 radical (unpaired) electrons. The average molecular weight is 512 g/mol. The van der Waals surface area contributed by atoms with Gasteiger partial charge in [0.15, 0.2) is 11.5 Å². The fourth-order valence-corrected chi connectivity index (χ4v) is 4.72. The van der Waals surface area contributed by atoms with Crippen LogP contribution in [0.5, 0.6) is 11.5 Å². The van der Waals surface area contributed by atoms with E-state index >= 15 is 0 Å². The van der Waals surface area contributed by atoms with Crippen molar-refractivity contribution in [1.29, 1.82) is 0 Å². The minimum atomic E-state index is -0.352. The van der Waals surface area contributed by atoms with Crippen LogP contribution in [-0.4, -0.2) is 29.2 Å². The molecule has 0 aromatic heterocycles. The summed E-state index contributed by atoms with van der Waals surface area (Å²) in [6.45, 7) is 2.61. The van der Waals surface area contributed by atoms with Gasteiger partial charge in [-0.1, -0.05) is 54.1 Å². The summed E-state index contributed by atoms with van der Waals surface area (Å²) in [5.74, 6) is 0.0311. The predicted molar refractivity (Wildman–Crippen MR) is 136 cm³/mol. The molecule has 2 amide bonds. The van der Waals surface area contributed by atoms with Crippen molar-refractivity contribution in [3.63, 3.8) is 0 Å². The third kappa shape index (κ3) is 6.24. The highest BCUT2D eigenvalue weighted by Gasteiger charge is 2.34. The number of nitrogens with zero attached hydrogens (tertiary/aromatic N) is 1. The van der Waals surface area contributed by atoms with Crippen molar-refractivity contribution in [3.05, 3.63) is 99.2 Å². The van der Waals surface area contributed by atoms with Gasteiger partial charge in [0.05, 0.1) is 16.5 Å². The molecular weight excluding hydrogens is 489 g/mol.